The van der Waals surface area contributed by atoms with Gasteiger partial charge in [-0.1, -0.05) is 85.7 Å². The number of rotatable bonds is 0. The fourth-order valence-electron chi connectivity index (χ4n) is 3.37. The van der Waals surface area contributed by atoms with Gasteiger partial charge in [-0.2, -0.15) is 29.8 Å². The molecule has 0 heterocycles. The van der Waals surface area contributed by atoms with Gasteiger partial charge in [0, 0.05) is 10.2 Å². The molecule has 0 aliphatic heterocycles. The van der Waals surface area contributed by atoms with Crippen molar-refractivity contribution in [2.45, 2.75) is 85.6 Å². The van der Waals surface area contributed by atoms with Crippen molar-refractivity contribution in [3.05, 3.63) is 83.0 Å². The minimum Gasteiger partial charge on any atom is -1.00 e. The Balaban J connectivity index is -0.000000648. The Morgan fingerprint density at radius 1 is 0.818 bits per heavy atom. The van der Waals surface area contributed by atoms with E-state index in [-0.39, 0.29) is 61.8 Å². The van der Waals surface area contributed by atoms with Gasteiger partial charge >= 0.3 is 26.2 Å². The summed E-state index contributed by atoms with van der Waals surface area (Å²) in [6.07, 6.45) is 11.0. The van der Waals surface area contributed by atoms with Crippen LogP contribution in [0.4, 0.5) is 0 Å². The predicted molar refractivity (Wildman–Crippen MR) is 138 cm³/mol. The zero-order valence-electron chi connectivity index (χ0n) is 22.0. The van der Waals surface area contributed by atoms with Gasteiger partial charge in [0.25, 0.3) is 0 Å². The minimum atomic E-state index is 0. The van der Waals surface area contributed by atoms with Gasteiger partial charge in [-0.25, -0.2) is 12.2 Å². The quantitative estimate of drug-likeness (QED) is 0.281. The van der Waals surface area contributed by atoms with Crippen molar-refractivity contribution in [1.29, 1.82) is 0 Å². The second-order valence-corrected chi connectivity index (χ2v) is 9.32. The van der Waals surface area contributed by atoms with E-state index in [2.05, 4.69) is 90.1 Å². The summed E-state index contributed by atoms with van der Waals surface area (Å²) in [7, 11) is 1.86. The van der Waals surface area contributed by atoms with Crippen LogP contribution in [0.1, 0.15) is 84.1 Å². The molecule has 33 heavy (non-hydrogen) atoms. The Labute approximate surface area is 239 Å². The zero-order valence-corrected chi connectivity index (χ0v) is 27.4. The Morgan fingerprint density at radius 2 is 1.39 bits per heavy atom. The van der Waals surface area contributed by atoms with Gasteiger partial charge in [-0.05, 0) is 28.4 Å². The molecule has 0 bridgehead atoms. The first-order valence-corrected chi connectivity index (χ1v) is 12.7. The number of allylic oxidation sites excluding steroid dienone is 4. The Morgan fingerprint density at radius 3 is 1.82 bits per heavy atom. The van der Waals surface area contributed by atoms with Crippen LogP contribution in [0.5, 0.6) is 0 Å². The van der Waals surface area contributed by atoms with Crippen LogP contribution in [-0.2, 0) is 43.5 Å². The molecule has 2 aliphatic carbocycles. The van der Waals surface area contributed by atoms with Crippen molar-refractivity contribution in [3.8, 4) is 11.1 Å². The molecular formula is C29H41Cl2SiZr. The standard InChI is InChI=1S/C21H25.C5H5.C2H6.CH5Si.2ClH.Zr/c1-20(2,3)16-7-9-18-14(12-16)11-15-13-17(21(4,5)6)8-10-19(15)18;1-2-4-5-3-1;2*1-2;;;/h7-10,12H,11H2,1-6H3;1-3H,4H2;1-2H3;2H2,1H3;2*1H;/q2*-1;;;;;+4/p-2. The van der Waals surface area contributed by atoms with E-state index >= 15 is 0 Å². The first-order chi connectivity index (χ1) is 14.2. The average Bonchev–Trinajstić information content (AvgIpc) is 3.40. The second kappa shape index (κ2) is 17.1. The third-order valence-corrected chi connectivity index (χ3v) is 5.05. The summed E-state index contributed by atoms with van der Waals surface area (Å²) in [6, 6.07) is 15.2. The van der Waals surface area contributed by atoms with Gasteiger partial charge in [-0.3, -0.25) is 6.08 Å². The van der Waals surface area contributed by atoms with Crippen molar-refractivity contribution in [1.82, 2.24) is 0 Å². The van der Waals surface area contributed by atoms with Crippen LogP contribution in [0.25, 0.3) is 11.1 Å². The van der Waals surface area contributed by atoms with Gasteiger partial charge in [0.15, 0.2) is 0 Å². The van der Waals surface area contributed by atoms with Crippen molar-refractivity contribution >= 4 is 10.2 Å². The van der Waals surface area contributed by atoms with Crippen molar-refractivity contribution in [2.75, 3.05) is 0 Å². The molecule has 0 unspecified atom stereocenters. The van der Waals surface area contributed by atoms with Gasteiger partial charge in [0.05, 0.1) is 0 Å². The van der Waals surface area contributed by atoms with Gasteiger partial charge < -0.3 is 24.8 Å². The predicted octanol–water partition coefficient (Wildman–Crippen LogP) is 1.66. The summed E-state index contributed by atoms with van der Waals surface area (Å²) >= 11 is 0. The topological polar surface area (TPSA) is 0 Å². The first kappa shape index (κ1) is 37.2. The maximum Gasteiger partial charge on any atom is 4.00 e. The normalized spacial score (nSPS) is 11.9. The maximum absolute atomic E-state index is 3.67. The van der Waals surface area contributed by atoms with E-state index in [0.717, 1.165) is 12.8 Å². The number of halogens is 2. The fourth-order valence-corrected chi connectivity index (χ4v) is 3.37. The Bertz CT molecular complexity index is 801. The molecule has 1 radical (unpaired) electrons. The second-order valence-electron chi connectivity index (χ2n) is 9.32. The van der Waals surface area contributed by atoms with Gasteiger partial charge in [0.1, 0.15) is 0 Å². The summed E-state index contributed by atoms with van der Waals surface area (Å²) in [5.41, 5.74) is 8.70. The molecule has 0 saturated carbocycles. The smallest absolute Gasteiger partial charge is 1.00 e. The molecule has 4 rings (SSSR count). The molecule has 4 heteroatoms. The van der Waals surface area contributed by atoms with Crippen LogP contribution in [0, 0.1) is 12.1 Å². The number of hydrogen-bond acceptors (Lipinski definition) is 0. The summed E-state index contributed by atoms with van der Waals surface area (Å²) in [6.45, 7) is 19.6. The Hall–Kier alpha value is -0.400. The number of hydrogen-bond donors (Lipinski definition) is 0. The largest absolute Gasteiger partial charge is 4.00 e. The molecule has 2 aromatic rings. The van der Waals surface area contributed by atoms with E-state index in [1.807, 2.05) is 42.8 Å². The van der Waals surface area contributed by atoms with Crippen LogP contribution in [-0.4, -0.2) is 10.2 Å². The molecule has 0 nitrogen and oxygen atoms in total. The van der Waals surface area contributed by atoms with Gasteiger partial charge in [0.2, 0.25) is 0 Å². The van der Waals surface area contributed by atoms with Crippen LogP contribution in [0.15, 0.2) is 48.6 Å². The SMILES string of the molecule is CC.CC(C)(C)c1[c-]c2c(cc1)-c1ccc(C(C)(C)C)cc1C2.C[SiH2].[C-]1=CC=CC1.[Cl-].[Cl-].[Zr+4]. The minimum absolute atomic E-state index is 0. The molecule has 0 saturated heterocycles. The van der Waals surface area contributed by atoms with E-state index in [0.29, 0.717) is 0 Å². The summed E-state index contributed by atoms with van der Waals surface area (Å²) < 4.78 is 0. The molecule has 2 aliphatic rings. The van der Waals surface area contributed by atoms with Crippen molar-refractivity contribution < 1.29 is 51.0 Å². The van der Waals surface area contributed by atoms with Crippen molar-refractivity contribution in [3.63, 3.8) is 0 Å². The summed E-state index contributed by atoms with van der Waals surface area (Å²) in [5, 5.41) is 0. The van der Waals surface area contributed by atoms with Crippen LogP contribution < -0.4 is 24.8 Å². The van der Waals surface area contributed by atoms with E-state index in [9.17, 15) is 0 Å². The fraction of sp³-hybridized carbons (Fsp3) is 0.448. The first-order valence-electron chi connectivity index (χ1n) is 11.3. The molecule has 0 amide bonds. The molecule has 0 spiro atoms. The molecule has 0 atom stereocenters. The number of fused-ring (bicyclic) bond motifs is 3. The molecule has 0 fully saturated rings. The molecule has 2 aromatic carbocycles. The van der Waals surface area contributed by atoms with E-state index in [4.69, 9.17) is 0 Å². The third-order valence-electron chi connectivity index (χ3n) is 5.05. The van der Waals surface area contributed by atoms with E-state index < -0.39 is 0 Å². The van der Waals surface area contributed by atoms with Gasteiger partial charge in [-0.15, -0.1) is 17.5 Å². The van der Waals surface area contributed by atoms with Crippen molar-refractivity contribution in [2.24, 2.45) is 0 Å². The van der Waals surface area contributed by atoms with E-state index in [1.165, 1.54) is 33.4 Å². The van der Waals surface area contributed by atoms with E-state index in [1.54, 1.807) is 0 Å². The monoisotopic (exact) mass is 577 g/mol. The molecule has 179 valence electrons. The summed E-state index contributed by atoms with van der Waals surface area (Å²) in [5.74, 6) is 0. The van der Waals surface area contributed by atoms with Crippen LogP contribution in [0.2, 0.25) is 6.55 Å². The van der Waals surface area contributed by atoms with Crippen LogP contribution >= 0.6 is 0 Å². The van der Waals surface area contributed by atoms with Crippen LogP contribution in [0.3, 0.4) is 0 Å². The summed E-state index contributed by atoms with van der Waals surface area (Å²) in [4.78, 5) is 0. The maximum atomic E-state index is 3.67. The molecule has 0 aromatic heterocycles. The number of benzene rings is 2. The molecular weight excluding hydrogens is 539 g/mol. The third kappa shape index (κ3) is 10.8. The molecule has 0 N–H and O–H groups in total. The average molecular weight is 580 g/mol. The zero-order chi connectivity index (χ0) is 22.9. The Kier molecular flexibility index (Phi) is 19.3.